The maximum atomic E-state index is 11.9. The van der Waals surface area contributed by atoms with Crippen molar-refractivity contribution in [3.05, 3.63) is 0 Å². The van der Waals surface area contributed by atoms with Crippen LogP contribution in [0.3, 0.4) is 0 Å². The molecule has 0 aromatic carbocycles. The van der Waals surface area contributed by atoms with Gasteiger partial charge >= 0.3 is 20.8 Å². The molecular weight excluding hydrogens is 220 g/mol. The molecule has 0 bridgehead atoms. The molecule has 0 heterocycles. The van der Waals surface area contributed by atoms with Crippen LogP contribution in [0, 0.1) is 0 Å². The van der Waals surface area contributed by atoms with Crippen LogP contribution in [0.2, 0.25) is 0 Å². The lowest BCUT2D eigenvalue weighted by atomic mass is 10.8. The lowest BCUT2D eigenvalue weighted by molar-refractivity contribution is -0.121. The molecule has 0 aromatic heterocycles. The molecule has 0 aliphatic rings. The number of halogens is 2. The van der Waals surface area contributed by atoms with Gasteiger partial charge in [-0.15, -0.1) is 0 Å². The van der Waals surface area contributed by atoms with Crippen LogP contribution in [0.1, 0.15) is 6.92 Å². The fourth-order valence-corrected chi connectivity index (χ4v) is 1.88. The van der Waals surface area contributed by atoms with E-state index in [9.17, 15) is 29.4 Å². The molecule has 0 rings (SSSR count). The summed E-state index contributed by atoms with van der Waals surface area (Å²) in [6.07, 6.45) is 0. The Bertz CT molecular complexity index is 350. The Morgan fingerprint density at radius 2 is 1.33 bits per heavy atom. The van der Waals surface area contributed by atoms with Gasteiger partial charge in [0.05, 0.1) is 0 Å². The van der Waals surface area contributed by atoms with Gasteiger partial charge in [-0.05, 0) is 0 Å². The first-order valence-electron chi connectivity index (χ1n) is 2.27. The molecule has 0 aromatic rings. The van der Waals surface area contributed by atoms with Gasteiger partial charge in [-0.3, -0.25) is 4.79 Å². The van der Waals surface area contributed by atoms with Gasteiger partial charge in [0, 0.05) is 6.92 Å². The van der Waals surface area contributed by atoms with Crippen molar-refractivity contribution in [1.82, 2.24) is 3.71 Å². The molecule has 0 unspecified atom stereocenters. The first-order chi connectivity index (χ1) is 5.07. The molecule has 6 nitrogen and oxygen atoms in total. The first kappa shape index (κ1) is 11.2. The number of carbonyl (C=O) groups excluding carboxylic acids is 1. The summed E-state index contributed by atoms with van der Waals surface area (Å²) in [6.45, 7) is 0.383. The monoisotopic (exact) mass is 223 g/mol. The van der Waals surface area contributed by atoms with Gasteiger partial charge in [0.1, 0.15) is 0 Å². The van der Waals surface area contributed by atoms with Crippen molar-refractivity contribution in [1.29, 1.82) is 0 Å². The number of hydrogen-bond acceptors (Lipinski definition) is 5. The molecule has 0 atom stereocenters. The van der Waals surface area contributed by atoms with Crippen molar-refractivity contribution in [3.8, 4) is 0 Å². The van der Waals surface area contributed by atoms with Gasteiger partial charge < -0.3 is 0 Å². The van der Waals surface area contributed by atoms with Crippen LogP contribution in [0.25, 0.3) is 0 Å². The Morgan fingerprint density at radius 1 is 1.08 bits per heavy atom. The topological polar surface area (TPSA) is 88.6 Å². The smallest absolute Gasteiger partial charge is 0.273 e. The van der Waals surface area contributed by atoms with Crippen LogP contribution in [-0.2, 0) is 25.6 Å². The molecule has 0 radical (unpaired) electrons. The zero-order valence-corrected chi connectivity index (χ0v) is 7.19. The number of carbonyl (C=O) groups is 1. The molecule has 0 spiro atoms. The lowest BCUT2D eigenvalue weighted by Gasteiger charge is -2.07. The molecule has 12 heavy (non-hydrogen) atoms. The second-order valence-corrected chi connectivity index (χ2v) is 4.21. The second-order valence-electron chi connectivity index (χ2n) is 1.60. The van der Waals surface area contributed by atoms with Crippen molar-refractivity contribution in [2.45, 2.75) is 6.92 Å². The molecule has 0 N–H and O–H groups in total. The molecule has 1 amide bonds. The molecule has 0 aliphatic carbocycles. The third-order valence-electron chi connectivity index (χ3n) is 0.653. The van der Waals surface area contributed by atoms with E-state index in [2.05, 4.69) is 0 Å². The Hall–Kier alpha value is -0.770. The van der Waals surface area contributed by atoms with E-state index in [1.54, 1.807) is 0 Å². The summed E-state index contributed by atoms with van der Waals surface area (Å²) in [4.78, 5) is 10.1. The minimum Gasteiger partial charge on any atom is -0.273 e. The largest absolute Gasteiger partial charge is 0.417 e. The van der Waals surface area contributed by atoms with Crippen molar-refractivity contribution in [2.75, 3.05) is 0 Å². The minimum absolute atomic E-state index is 0.383. The van der Waals surface area contributed by atoms with Gasteiger partial charge in [-0.1, -0.05) is 11.5 Å². The summed E-state index contributed by atoms with van der Waals surface area (Å²) in [7, 11) is -11.8. The van der Waals surface area contributed by atoms with Crippen molar-refractivity contribution in [3.63, 3.8) is 0 Å². The summed E-state index contributed by atoms with van der Waals surface area (Å²) >= 11 is 0. The van der Waals surface area contributed by atoms with E-state index in [1.807, 2.05) is 0 Å². The maximum Gasteiger partial charge on any atom is 0.417 e. The van der Waals surface area contributed by atoms with E-state index in [4.69, 9.17) is 0 Å². The summed E-state index contributed by atoms with van der Waals surface area (Å²) < 4.78 is 61.6. The van der Waals surface area contributed by atoms with Crippen LogP contribution >= 0.6 is 0 Å². The number of amides is 1. The van der Waals surface area contributed by atoms with Gasteiger partial charge in [0.2, 0.25) is 0 Å². The average molecular weight is 223 g/mol. The summed E-state index contributed by atoms with van der Waals surface area (Å²) in [6, 6.07) is 0. The van der Waals surface area contributed by atoms with Gasteiger partial charge in [-0.25, -0.2) is 0 Å². The number of rotatable bonds is 2. The fraction of sp³-hybridized carbons (Fsp3) is 0.500. The van der Waals surface area contributed by atoms with E-state index in [0.29, 0.717) is 6.92 Å². The van der Waals surface area contributed by atoms with Gasteiger partial charge in [0.25, 0.3) is 5.91 Å². The van der Waals surface area contributed by atoms with Crippen LogP contribution in [0.15, 0.2) is 0 Å². The Labute approximate surface area is 67.5 Å². The lowest BCUT2D eigenvalue weighted by Crippen LogP contribution is -2.35. The van der Waals surface area contributed by atoms with Gasteiger partial charge in [-0.2, -0.15) is 16.8 Å². The number of nitrogens with zero attached hydrogens (tertiary/aromatic N) is 1. The molecular formula is C2H3F2NO5S2. The molecule has 0 saturated carbocycles. The van der Waals surface area contributed by atoms with Crippen molar-refractivity contribution < 1.29 is 29.4 Å². The molecule has 72 valence electrons. The van der Waals surface area contributed by atoms with Gasteiger partial charge in [0.15, 0.2) is 0 Å². The second kappa shape index (κ2) is 2.94. The number of hydrogen-bond donors (Lipinski definition) is 0. The SMILES string of the molecule is CC(=O)N(S(=O)(=O)F)S(=O)(=O)F. The predicted molar refractivity (Wildman–Crippen MR) is 32.6 cm³/mol. The minimum atomic E-state index is -5.90. The quantitative estimate of drug-likeness (QED) is 0.575. The highest BCUT2D eigenvalue weighted by molar-refractivity contribution is 8.00. The highest BCUT2D eigenvalue weighted by atomic mass is 32.3. The zero-order chi connectivity index (χ0) is 10.2. The predicted octanol–water partition coefficient (Wildman–Crippen LogP) is -0.736. The molecule has 0 saturated heterocycles. The summed E-state index contributed by atoms with van der Waals surface area (Å²) in [5.74, 6) is -1.79. The van der Waals surface area contributed by atoms with Crippen molar-refractivity contribution >= 4 is 26.7 Å². The highest BCUT2D eigenvalue weighted by Gasteiger charge is 2.36. The van der Waals surface area contributed by atoms with E-state index in [1.165, 1.54) is 0 Å². The van der Waals surface area contributed by atoms with E-state index >= 15 is 0 Å². The Kier molecular flexibility index (Phi) is 2.75. The Morgan fingerprint density at radius 3 is 1.33 bits per heavy atom. The van der Waals surface area contributed by atoms with Crippen LogP contribution in [0.4, 0.5) is 7.77 Å². The highest BCUT2D eigenvalue weighted by Crippen LogP contribution is 2.11. The summed E-state index contributed by atoms with van der Waals surface area (Å²) in [5.41, 5.74) is 0. The Balaban J connectivity index is 5.42. The van der Waals surface area contributed by atoms with E-state index < -0.39 is 30.4 Å². The summed E-state index contributed by atoms with van der Waals surface area (Å²) in [5, 5.41) is 0. The third-order valence-corrected chi connectivity index (χ3v) is 3.03. The van der Waals surface area contributed by atoms with Crippen LogP contribution in [-0.4, -0.2) is 26.5 Å². The first-order valence-corrected chi connectivity index (χ1v) is 4.95. The average Bonchev–Trinajstić information content (AvgIpc) is 1.49. The third kappa shape index (κ3) is 2.70. The van der Waals surface area contributed by atoms with Crippen molar-refractivity contribution in [2.24, 2.45) is 0 Å². The fourth-order valence-electron chi connectivity index (χ4n) is 0.413. The van der Waals surface area contributed by atoms with Crippen LogP contribution in [0.5, 0.6) is 0 Å². The van der Waals surface area contributed by atoms with E-state index in [0.717, 1.165) is 0 Å². The molecule has 0 aliphatic heterocycles. The maximum absolute atomic E-state index is 11.9. The molecule has 10 heteroatoms. The zero-order valence-electron chi connectivity index (χ0n) is 5.56. The molecule has 0 fully saturated rings. The van der Waals surface area contributed by atoms with E-state index in [-0.39, 0.29) is 0 Å². The standard InChI is InChI=1S/C2H3F2NO5S2/c1-2(6)5(11(3,7)8)12(4,9)10/h1H3. The van der Waals surface area contributed by atoms with Crippen LogP contribution < -0.4 is 0 Å². The normalized spacial score (nSPS) is 12.6.